The number of amides is 1. The van der Waals surface area contributed by atoms with E-state index in [1.807, 2.05) is 6.92 Å². The van der Waals surface area contributed by atoms with Gasteiger partial charge in [-0.05, 0) is 6.42 Å². The fraction of sp³-hybridized carbons (Fsp3) is 0.900. The molecule has 0 fully saturated rings. The van der Waals surface area contributed by atoms with Crippen LogP contribution < -0.4 is 5.32 Å². The Labute approximate surface area is 99.7 Å². The van der Waals surface area contributed by atoms with Crippen LogP contribution in [0.5, 0.6) is 0 Å². The molecular weight excluding hydrogens is 230 g/mol. The molecule has 0 aliphatic heterocycles. The number of carbonyl (C=O) groups is 1. The van der Waals surface area contributed by atoms with Crippen LogP contribution in [0, 0.1) is 0 Å². The first-order valence-corrected chi connectivity index (χ1v) is 5.56. The third-order valence-corrected chi connectivity index (χ3v) is 2.35. The highest BCUT2D eigenvalue weighted by atomic mass is 16.4. The molecule has 0 aliphatic carbocycles. The number of aliphatic hydroxyl groups is 5. The summed E-state index contributed by atoms with van der Waals surface area (Å²) in [5.74, 6) is -0.824. The SMILES string of the molecule is CCCCNC(=O)[C@H](O)[C@H](O)[C@@H](O)[C@@H](O)CO. The molecule has 0 aromatic heterocycles. The molecule has 0 radical (unpaired) electrons. The van der Waals surface area contributed by atoms with E-state index in [4.69, 9.17) is 10.2 Å². The Balaban J connectivity index is 4.18. The van der Waals surface area contributed by atoms with E-state index < -0.39 is 36.9 Å². The van der Waals surface area contributed by atoms with Gasteiger partial charge in [-0.25, -0.2) is 0 Å². The number of aliphatic hydroxyl groups excluding tert-OH is 5. The third-order valence-electron chi connectivity index (χ3n) is 2.35. The third kappa shape index (κ3) is 5.42. The van der Waals surface area contributed by atoms with Crippen molar-refractivity contribution < 1.29 is 30.3 Å². The molecule has 7 heteroatoms. The van der Waals surface area contributed by atoms with Crippen molar-refractivity contribution in [3.8, 4) is 0 Å². The fourth-order valence-electron chi connectivity index (χ4n) is 1.17. The van der Waals surface area contributed by atoms with Crippen molar-refractivity contribution in [2.24, 2.45) is 0 Å². The van der Waals surface area contributed by atoms with Crippen molar-refractivity contribution >= 4 is 5.91 Å². The molecule has 7 nitrogen and oxygen atoms in total. The summed E-state index contributed by atoms with van der Waals surface area (Å²) in [6.07, 6.45) is -5.49. The zero-order chi connectivity index (χ0) is 13.4. The van der Waals surface area contributed by atoms with Crippen molar-refractivity contribution in [3.05, 3.63) is 0 Å². The van der Waals surface area contributed by atoms with E-state index in [0.29, 0.717) is 6.54 Å². The van der Waals surface area contributed by atoms with Crippen LogP contribution in [0.1, 0.15) is 19.8 Å². The fourth-order valence-corrected chi connectivity index (χ4v) is 1.17. The number of hydrogen-bond donors (Lipinski definition) is 6. The van der Waals surface area contributed by atoms with E-state index >= 15 is 0 Å². The normalized spacial score (nSPS) is 18.2. The van der Waals surface area contributed by atoms with Gasteiger partial charge in [0.25, 0.3) is 5.91 Å². The lowest BCUT2D eigenvalue weighted by Gasteiger charge is -2.24. The zero-order valence-electron chi connectivity index (χ0n) is 9.78. The van der Waals surface area contributed by atoms with Crippen LogP contribution in [0.4, 0.5) is 0 Å². The van der Waals surface area contributed by atoms with Gasteiger partial charge in [0.2, 0.25) is 0 Å². The maximum atomic E-state index is 11.3. The van der Waals surface area contributed by atoms with Crippen LogP contribution in [-0.2, 0) is 4.79 Å². The van der Waals surface area contributed by atoms with Gasteiger partial charge >= 0.3 is 0 Å². The molecule has 4 atom stereocenters. The van der Waals surface area contributed by atoms with Gasteiger partial charge in [-0.2, -0.15) is 0 Å². The Kier molecular flexibility index (Phi) is 8.01. The molecule has 0 aromatic rings. The minimum absolute atomic E-state index is 0.359. The minimum atomic E-state index is -1.85. The largest absolute Gasteiger partial charge is 0.394 e. The van der Waals surface area contributed by atoms with E-state index in [1.54, 1.807) is 0 Å². The highest BCUT2D eigenvalue weighted by Gasteiger charge is 2.33. The van der Waals surface area contributed by atoms with Gasteiger partial charge in [0.15, 0.2) is 6.10 Å². The summed E-state index contributed by atoms with van der Waals surface area (Å²) < 4.78 is 0. The molecule has 0 spiro atoms. The van der Waals surface area contributed by atoms with Crippen LogP contribution in [0.15, 0.2) is 0 Å². The molecule has 0 saturated carbocycles. The number of carbonyl (C=O) groups excluding carboxylic acids is 1. The number of hydrogen-bond acceptors (Lipinski definition) is 6. The van der Waals surface area contributed by atoms with Crippen LogP contribution in [0.2, 0.25) is 0 Å². The van der Waals surface area contributed by atoms with Gasteiger partial charge in [-0.1, -0.05) is 13.3 Å². The average Bonchev–Trinajstić information content (AvgIpc) is 2.35. The summed E-state index contributed by atoms with van der Waals surface area (Å²) in [6.45, 7) is 1.51. The van der Waals surface area contributed by atoms with Crippen LogP contribution in [0.3, 0.4) is 0 Å². The summed E-state index contributed by atoms with van der Waals surface area (Å²) in [5.41, 5.74) is 0. The lowest BCUT2D eigenvalue weighted by molar-refractivity contribution is -0.148. The molecule has 1 amide bonds. The predicted octanol–water partition coefficient (Wildman–Crippen LogP) is -2.66. The monoisotopic (exact) mass is 251 g/mol. The number of nitrogens with one attached hydrogen (secondary N) is 1. The first-order valence-electron chi connectivity index (χ1n) is 5.56. The zero-order valence-corrected chi connectivity index (χ0v) is 9.78. The molecule has 0 aromatic carbocycles. The van der Waals surface area contributed by atoms with Crippen LogP contribution in [0.25, 0.3) is 0 Å². The van der Waals surface area contributed by atoms with E-state index in [9.17, 15) is 20.1 Å². The smallest absolute Gasteiger partial charge is 0.251 e. The first kappa shape index (κ1) is 16.3. The topological polar surface area (TPSA) is 130 Å². The maximum Gasteiger partial charge on any atom is 0.251 e. The van der Waals surface area contributed by atoms with E-state index in [2.05, 4.69) is 5.32 Å². The van der Waals surface area contributed by atoms with Gasteiger partial charge in [0, 0.05) is 6.54 Å². The second kappa shape index (κ2) is 8.37. The molecule has 0 aliphatic rings. The van der Waals surface area contributed by atoms with Crippen molar-refractivity contribution in [2.75, 3.05) is 13.2 Å². The van der Waals surface area contributed by atoms with E-state index in [1.165, 1.54) is 0 Å². The second-order valence-electron chi connectivity index (χ2n) is 3.82. The van der Waals surface area contributed by atoms with Gasteiger partial charge in [-0.3, -0.25) is 4.79 Å². The Hall–Kier alpha value is -0.730. The first-order chi connectivity index (χ1) is 7.95. The van der Waals surface area contributed by atoms with E-state index in [-0.39, 0.29) is 0 Å². The Morgan fingerprint density at radius 2 is 1.76 bits per heavy atom. The van der Waals surface area contributed by atoms with Gasteiger partial charge in [0.05, 0.1) is 6.61 Å². The lowest BCUT2D eigenvalue weighted by atomic mass is 10.0. The van der Waals surface area contributed by atoms with Gasteiger partial charge in [0.1, 0.15) is 18.3 Å². The Morgan fingerprint density at radius 3 is 2.24 bits per heavy atom. The van der Waals surface area contributed by atoms with Crippen molar-refractivity contribution in [1.29, 1.82) is 0 Å². The van der Waals surface area contributed by atoms with Crippen LogP contribution in [-0.4, -0.2) is 69.0 Å². The standard InChI is InChI=1S/C10H21NO6/c1-2-3-4-11-10(17)9(16)8(15)7(14)6(13)5-12/h6-9,12-16H,2-5H2,1H3,(H,11,17)/t6-,7-,8+,9+/m0/s1. The summed E-state index contributed by atoms with van der Waals surface area (Å²) in [6, 6.07) is 0. The van der Waals surface area contributed by atoms with Crippen LogP contribution >= 0.6 is 0 Å². The molecule has 0 bridgehead atoms. The second-order valence-corrected chi connectivity index (χ2v) is 3.82. The summed E-state index contributed by atoms with van der Waals surface area (Å²) >= 11 is 0. The molecule has 6 N–H and O–H groups in total. The summed E-state index contributed by atoms with van der Waals surface area (Å²) in [7, 11) is 0. The maximum absolute atomic E-state index is 11.3. The van der Waals surface area contributed by atoms with Gasteiger partial charge < -0.3 is 30.8 Å². The molecule has 102 valence electrons. The predicted molar refractivity (Wildman–Crippen MR) is 59.0 cm³/mol. The number of rotatable bonds is 8. The lowest BCUT2D eigenvalue weighted by Crippen LogP contribution is -2.51. The van der Waals surface area contributed by atoms with Crippen molar-refractivity contribution in [3.63, 3.8) is 0 Å². The molecule has 0 rings (SSSR count). The molecule has 0 saturated heterocycles. The quantitative estimate of drug-likeness (QED) is 0.261. The Morgan fingerprint density at radius 1 is 1.18 bits per heavy atom. The van der Waals surface area contributed by atoms with Crippen molar-refractivity contribution in [2.45, 2.75) is 44.2 Å². The summed E-state index contributed by atoms with van der Waals surface area (Å²) in [4.78, 5) is 11.3. The van der Waals surface area contributed by atoms with E-state index in [0.717, 1.165) is 12.8 Å². The summed E-state index contributed by atoms with van der Waals surface area (Å²) in [5, 5.41) is 48.0. The minimum Gasteiger partial charge on any atom is -0.394 e. The highest BCUT2D eigenvalue weighted by molar-refractivity contribution is 5.81. The molecule has 0 heterocycles. The van der Waals surface area contributed by atoms with Gasteiger partial charge in [-0.15, -0.1) is 0 Å². The number of unbranched alkanes of at least 4 members (excludes halogenated alkanes) is 1. The van der Waals surface area contributed by atoms with Crippen molar-refractivity contribution in [1.82, 2.24) is 5.32 Å². The molecular formula is C10H21NO6. The molecule has 17 heavy (non-hydrogen) atoms. The Bertz CT molecular complexity index is 225. The molecule has 0 unspecified atom stereocenters. The average molecular weight is 251 g/mol. The highest BCUT2D eigenvalue weighted by Crippen LogP contribution is 2.05.